The molecule has 0 spiro atoms. The number of aromatic nitrogens is 1. The van der Waals surface area contributed by atoms with Crippen molar-refractivity contribution in [2.45, 2.75) is 6.54 Å². The van der Waals surface area contributed by atoms with Crippen LogP contribution in [0.25, 0.3) is 0 Å². The van der Waals surface area contributed by atoms with Gasteiger partial charge in [-0.25, -0.2) is 0 Å². The van der Waals surface area contributed by atoms with Crippen LogP contribution in [0.2, 0.25) is 0 Å². The molecule has 3 heteroatoms. The lowest BCUT2D eigenvalue weighted by molar-refractivity contribution is 0.811. The van der Waals surface area contributed by atoms with E-state index in [9.17, 15) is 0 Å². The zero-order valence-corrected chi connectivity index (χ0v) is 10.2. The molecule has 0 bridgehead atoms. The van der Waals surface area contributed by atoms with Crippen molar-refractivity contribution in [3.8, 4) is 0 Å². The van der Waals surface area contributed by atoms with Crippen LogP contribution < -0.4 is 10.2 Å². The maximum atomic E-state index is 4.17. The van der Waals surface area contributed by atoms with Gasteiger partial charge in [0.15, 0.2) is 0 Å². The number of pyridine rings is 1. The molecule has 88 valence electrons. The van der Waals surface area contributed by atoms with E-state index in [4.69, 9.17) is 0 Å². The van der Waals surface area contributed by atoms with E-state index in [0.29, 0.717) is 0 Å². The number of nitrogens with one attached hydrogen (secondary N) is 1. The van der Waals surface area contributed by atoms with Crippen LogP contribution in [0.5, 0.6) is 0 Å². The van der Waals surface area contributed by atoms with Crippen molar-refractivity contribution in [1.82, 2.24) is 10.3 Å². The highest BCUT2D eigenvalue weighted by molar-refractivity contribution is 5.64. The lowest BCUT2D eigenvalue weighted by atomic mass is 10.2. The van der Waals surface area contributed by atoms with Crippen LogP contribution in [0.1, 0.15) is 5.56 Å². The van der Waals surface area contributed by atoms with E-state index >= 15 is 0 Å². The fourth-order valence-electron chi connectivity index (χ4n) is 1.86. The third kappa shape index (κ3) is 2.63. The summed E-state index contributed by atoms with van der Waals surface area (Å²) < 4.78 is 0. The number of nitrogens with zero attached hydrogens (tertiary/aromatic N) is 2. The highest BCUT2D eigenvalue weighted by Gasteiger charge is 2.07. The van der Waals surface area contributed by atoms with Crippen LogP contribution in [0.15, 0.2) is 48.8 Å². The molecule has 0 aliphatic heterocycles. The largest absolute Gasteiger partial charge is 0.344 e. The Hall–Kier alpha value is -1.87. The summed E-state index contributed by atoms with van der Waals surface area (Å²) in [5, 5.41) is 3.16. The molecule has 0 radical (unpaired) electrons. The van der Waals surface area contributed by atoms with Gasteiger partial charge in [0.2, 0.25) is 0 Å². The molecular formula is C14H17N3. The molecule has 0 fully saturated rings. The molecule has 1 N–H and O–H groups in total. The Morgan fingerprint density at radius 1 is 1.18 bits per heavy atom. The third-order valence-electron chi connectivity index (χ3n) is 2.75. The van der Waals surface area contributed by atoms with E-state index in [2.05, 4.69) is 34.4 Å². The van der Waals surface area contributed by atoms with Crippen LogP contribution in [0.3, 0.4) is 0 Å². The van der Waals surface area contributed by atoms with Gasteiger partial charge in [-0.05, 0) is 25.2 Å². The molecule has 1 heterocycles. The maximum absolute atomic E-state index is 4.17. The minimum absolute atomic E-state index is 0.820. The van der Waals surface area contributed by atoms with Crippen molar-refractivity contribution in [1.29, 1.82) is 0 Å². The summed E-state index contributed by atoms with van der Waals surface area (Å²) in [7, 11) is 4.02. The van der Waals surface area contributed by atoms with Gasteiger partial charge in [0.25, 0.3) is 0 Å². The van der Waals surface area contributed by atoms with E-state index in [1.165, 1.54) is 16.9 Å². The van der Waals surface area contributed by atoms with Crippen molar-refractivity contribution < 1.29 is 0 Å². The average Bonchev–Trinajstić information content (AvgIpc) is 2.40. The number of hydrogen-bond acceptors (Lipinski definition) is 3. The van der Waals surface area contributed by atoms with E-state index in [-0.39, 0.29) is 0 Å². The van der Waals surface area contributed by atoms with Crippen LogP contribution in [0, 0.1) is 0 Å². The summed E-state index contributed by atoms with van der Waals surface area (Å²) in [5.41, 5.74) is 3.55. The second kappa shape index (κ2) is 5.46. The van der Waals surface area contributed by atoms with Gasteiger partial charge in [-0.1, -0.05) is 18.2 Å². The molecule has 0 unspecified atom stereocenters. The summed E-state index contributed by atoms with van der Waals surface area (Å²) in [4.78, 5) is 6.35. The second-order valence-corrected chi connectivity index (χ2v) is 3.93. The first-order valence-electron chi connectivity index (χ1n) is 5.69. The SMILES string of the molecule is CNCc1cnccc1N(C)c1ccccc1. The van der Waals surface area contributed by atoms with E-state index in [0.717, 1.165) is 6.54 Å². The fraction of sp³-hybridized carbons (Fsp3) is 0.214. The first-order chi connectivity index (χ1) is 8.33. The van der Waals surface area contributed by atoms with E-state index < -0.39 is 0 Å². The Bertz CT molecular complexity index is 468. The van der Waals surface area contributed by atoms with Crippen molar-refractivity contribution in [2.24, 2.45) is 0 Å². The summed E-state index contributed by atoms with van der Waals surface area (Å²) >= 11 is 0. The molecule has 0 amide bonds. The van der Waals surface area contributed by atoms with Crippen molar-refractivity contribution in [2.75, 3.05) is 19.0 Å². The summed E-state index contributed by atoms with van der Waals surface area (Å²) in [6, 6.07) is 12.4. The Morgan fingerprint density at radius 3 is 2.65 bits per heavy atom. The van der Waals surface area contributed by atoms with Gasteiger partial charge < -0.3 is 10.2 Å². The van der Waals surface area contributed by atoms with Gasteiger partial charge in [0.1, 0.15) is 0 Å². The predicted molar refractivity (Wildman–Crippen MR) is 71.5 cm³/mol. The Morgan fingerprint density at radius 2 is 1.94 bits per heavy atom. The second-order valence-electron chi connectivity index (χ2n) is 3.93. The molecule has 17 heavy (non-hydrogen) atoms. The molecule has 0 aliphatic rings. The first-order valence-corrected chi connectivity index (χ1v) is 5.69. The van der Waals surface area contributed by atoms with Gasteiger partial charge >= 0.3 is 0 Å². The Balaban J connectivity index is 2.33. The molecule has 1 aromatic carbocycles. The van der Waals surface area contributed by atoms with Gasteiger partial charge in [0, 0.05) is 42.9 Å². The maximum Gasteiger partial charge on any atom is 0.0484 e. The standard InChI is InChI=1S/C14H17N3/c1-15-10-12-11-16-9-8-14(12)17(2)13-6-4-3-5-7-13/h3-9,11,15H,10H2,1-2H3. The average molecular weight is 227 g/mol. The summed E-state index contributed by atoms with van der Waals surface area (Å²) in [6.45, 7) is 0.820. The van der Waals surface area contributed by atoms with Crippen molar-refractivity contribution in [3.05, 3.63) is 54.4 Å². The minimum atomic E-state index is 0.820. The van der Waals surface area contributed by atoms with Crippen molar-refractivity contribution in [3.63, 3.8) is 0 Å². The third-order valence-corrected chi connectivity index (χ3v) is 2.75. The Kier molecular flexibility index (Phi) is 3.73. The summed E-state index contributed by atoms with van der Waals surface area (Å²) in [6.07, 6.45) is 3.74. The minimum Gasteiger partial charge on any atom is -0.344 e. The number of hydrogen-bond donors (Lipinski definition) is 1. The number of para-hydroxylation sites is 1. The predicted octanol–water partition coefficient (Wildman–Crippen LogP) is 2.57. The Labute approximate surface area is 102 Å². The van der Waals surface area contributed by atoms with Gasteiger partial charge in [0.05, 0.1) is 0 Å². The molecule has 1 aromatic heterocycles. The van der Waals surface area contributed by atoms with Gasteiger partial charge in [-0.2, -0.15) is 0 Å². The smallest absolute Gasteiger partial charge is 0.0484 e. The molecule has 2 aromatic rings. The van der Waals surface area contributed by atoms with Gasteiger partial charge in [-0.15, -0.1) is 0 Å². The normalized spacial score (nSPS) is 10.2. The van der Waals surface area contributed by atoms with Crippen LogP contribution in [-0.2, 0) is 6.54 Å². The number of anilines is 2. The molecule has 0 atom stereocenters. The molecule has 0 aliphatic carbocycles. The lowest BCUT2D eigenvalue weighted by Crippen LogP contribution is -2.15. The number of rotatable bonds is 4. The van der Waals surface area contributed by atoms with Crippen LogP contribution >= 0.6 is 0 Å². The zero-order chi connectivity index (χ0) is 12.1. The molecular weight excluding hydrogens is 210 g/mol. The van der Waals surface area contributed by atoms with Crippen molar-refractivity contribution >= 4 is 11.4 Å². The molecule has 0 saturated heterocycles. The van der Waals surface area contributed by atoms with E-state index in [1.807, 2.05) is 43.7 Å². The molecule has 0 saturated carbocycles. The lowest BCUT2D eigenvalue weighted by Gasteiger charge is -2.22. The first kappa shape index (κ1) is 11.6. The topological polar surface area (TPSA) is 28.2 Å². The highest BCUT2D eigenvalue weighted by Crippen LogP contribution is 2.25. The van der Waals surface area contributed by atoms with E-state index in [1.54, 1.807) is 0 Å². The quantitative estimate of drug-likeness (QED) is 0.870. The summed E-state index contributed by atoms with van der Waals surface area (Å²) in [5.74, 6) is 0. The van der Waals surface area contributed by atoms with Crippen LogP contribution in [-0.4, -0.2) is 19.1 Å². The zero-order valence-electron chi connectivity index (χ0n) is 10.2. The number of benzene rings is 1. The fourth-order valence-corrected chi connectivity index (χ4v) is 1.86. The monoisotopic (exact) mass is 227 g/mol. The molecule has 3 nitrogen and oxygen atoms in total. The van der Waals surface area contributed by atoms with Gasteiger partial charge in [-0.3, -0.25) is 4.98 Å². The molecule has 2 rings (SSSR count). The van der Waals surface area contributed by atoms with Crippen LogP contribution in [0.4, 0.5) is 11.4 Å². The highest BCUT2D eigenvalue weighted by atomic mass is 15.1.